The van der Waals surface area contributed by atoms with Crippen molar-refractivity contribution in [3.8, 4) is 0 Å². The molecule has 0 spiro atoms. The SMILES string of the molecule is CC/C=C(/C)C(=O)NC(C)(C)CNC(=O)OC(C)(C)C. The number of rotatable bonds is 5. The molecule has 0 fully saturated rings. The fraction of sp³-hybridized carbons (Fsp3) is 0.733. The number of hydrogen-bond donors (Lipinski definition) is 2. The number of carbonyl (C=O) groups excluding carboxylic acids is 2. The predicted molar refractivity (Wildman–Crippen MR) is 80.5 cm³/mol. The highest BCUT2D eigenvalue weighted by atomic mass is 16.6. The topological polar surface area (TPSA) is 67.4 Å². The van der Waals surface area contributed by atoms with Gasteiger partial charge >= 0.3 is 6.09 Å². The second-order valence-corrected chi connectivity index (χ2v) is 6.49. The van der Waals surface area contributed by atoms with Crippen LogP contribution in [0.4, 0.5) is 4.79 Å². The quantitative estimate of drug-likeness (QED) is 0.763. The van der Waals surface area contributed by atoms with Gasteiger partial charge < -0.3 is 15.4 Å². The number of amides is 2. The normalized spacial score (nSPS) is 12.8. The van der Waals surface area contributed by atoms with Gasteiger partial charge in [-0.1, -0.05) is 13.0 Å². The van der Waals surface area contributed by atoms with E-state index in [1.54, 1.807) is 27.7 Å². The Labute approximate surface area is 122 Å². The van der Waals surface area contributed by atoms with E-state index < -0.39 is 17.2 Å². The Balaban J connectivity index is 4.36. The van der Waals surface area contributed by atoms with Crippen molar-refractivity contribution < 1.29 is 14.3 Å². The van der Waals surface area contributed by atoms with Gasteiger partial charge in [-0.25, -0.2) is 4.79 Å². The van der Waals surface area contributed by atoms with Crippen molar-refractivity contribution in [2.75, 3.05) is 6.54 Å². The molecule has 0 aliphatic carbocycles. The van der Waals surface area contributed by atoms with Crippen LogP contribution in [0.3, 0.4) is 0 Å². The molecule has 0 aromatic rings. The Kier molecular flexibility index (Phi) is 6.76. The maximum Gasteiger partial charge on any atom is 0.407 e. The average Bonchev–Trinajstić information content (AvgIpc) is 2.24. The summed E-state index contributed by atoms with van der Waals surface area (Å²) in [5, 5.41) is 5.54. The highest BCUT2D eigenvalue weighted by Gasteiger charge is 2.23. The monoisotopic (exact) mass is 284 g/mol. The maximum absolute atomic E-state index is 11.9. The zero-order chi connectivity index (χ0) is 16.0. The van der Waals surface area contributed by atoms with Gasteiger partial charge in [0.15, 0.2) is 0 Å². The molecule has 0 aliphatic rings. The van der Waals surface area contributed by atoms with E-state index in [1.165, 1.54) is 0 Å². The summed E-state index contributed by atoms with van der Waals surface area (Å²) in [6.07, 6.45) is 2.20. The van der Waals surface area contributed by atoms with Gasteiger partial charge in [0, 0.05) is 12.1 Å². The summed E-state index contributed by atoms with van der Waals surface area (Å²) >= 11 is 0. The fourth-order valence-electron chi connectivity index (χ4n) is 1.46. The summed E-state index contributed by atoms with van der Waals surface area (Å²) in [5.74, 6) is -0.122. The molecule has 0 aromatic heterocycles. The fourth-order valence-corrected chi connectivity index (χ4v) is 1.46. The number of allylic oxidation sites excluding steroid dienone is 1. The van der Waals surface area contributed by atoms with E-state index in [4.69, 9.17) is 4.74 Å². The van der Waals surface area contributed by atoms with Crippen molar-refractivity contribution >= 4 is 12.0 Å². The molecule has 116 valence electrons. The highest BCUT2D eigenvalue weighted by Crippen LogP contribution is 2.08. The minimum absolute atomic E-state index is 0.122. The Morgan fingerprint density at radius 3 is 2.15 bits per heavy atom. The molecule has 0 saturated heterocycles. The Morgan fingerprint density at radius 2 is 1.70 bits per heavy atom. The molecule has 5 nitrogen and oxygen atoms in total. The molecule has 0 aliphatic heterocycles. The zero-order valence-corrected chi connectivity index (χ0v) is 13.7. The van der Waals surface area contributed by atoms with Gasteiger partial charge in [-0.05, 0) is 48.0 Å². The van der Waals surface area contributed by atoms with Crippen molar-refractivity contribution in [3.63, 3.8) is 0 Å². The molecule has 0 bridgehead atoms. The molecule has 20 heavy (non-hydrogen) atoms. The van der Waals surface area contributed by atoms with Crippen LogP contribution < -0.4 is 10.6 Å². The molecule has 0 rings (SSSR count). The van der Waals surface area contributed by atoms with Crippen molar-refractivity contribution in [2.24, 2.45) is 0 Å². The number of alkyl carbamates (subject to hydrolysis) is 1. The lowest BCUT2D eigenvalue weighted by Crippen LogP contribution is -2.52. The van der Waals surface area contributed by atoms with E-state index in [2.05, 4.69) is 10.6 Å². The number of hydrogen-bond acceptors (Lipinski definition) is 3. The minimum atomic E-state index is -0.545. The summed E-state index contributed by atoms with van der Waals surface area (Å²) in [4.78, 5) is 23.5. The van der Waals surface area contributed by atoms with Crippen LogP contribution in [0.25, 0.3) is 0 Å². The van der Waals surface area contributed by atoms with Crippen LogP contribution in [-0.2, 0) is 9.53 Å². The van der Waals surface area contributed by atoms with Gasteiger partial charge in [0.25, 0.3) is 0 Å². The molecule has 0 heterocycles. The lowest BCUT2D eigenvalue weighted by atomic mass is 10.0. The highest BCUT2D eigenvalue weighted by molar-refractivity contribution is 5.93. The third kappa shape index (κ3) is 8.56. The summed E-state index contributed by atoms with van der Waals surface area (Å²) in [6, 6.07) is 0. The second-order valence-electron chi connectivity index (χ2n) is 6.49. The molecule has 0 saturated carbocycles. The Hall–Kier alpha value is -1.52. The average molecular weight is 284 g/mol. The van der Waals surface area contributed by atoms with Gasteiger partial charge in [-0.2, -0.15) is 0 Å². The molecule has 0 aromatic carbocycles. The van der Waals surface area contributed by atoms with E-state index >= 15 is 0 Å². The summed E-state index contributed by atoms with van der Waals surface area (Å²) in [7, 11) is 0. The van der Waals surface area contributed by atoms with E-state index in [1.807, 2.05) is 26.8 Å². The van der Waals surface area contributed by atoms with Crippen LogP contribution in [0, 0.1) is 0 Å². The second kappa shape index (κ2) is 7.31. The first-order valence-electron chi connectivity index (χ1n) is 6.93. The molecule has 2 amide bonds. The predicted octanol–water partition coefficient (Wildman–Crippen LogP) is 2.76. The summed E-state index contributed by atoms with van der Waals surface area (Å²) in [5.41, 5.74) is -0.396. The molecule has 2 N–H and O–H groups in total. The summed E-state index contributed by atoms with van der Waals surface area (Å²) in [6.45, 7) is 13.2. The van der Waals surface area contributed by atoms with Crippen LogP contribution in [0.1, 0.15) is 54.9 Å². The van der Waals surface area contributed by atoms with Crippen molar-refractivity contribution in [2.45, 2.75) is 66.0 Å². The van der Waals surface area contributed by atoms with Gasteiger partial charge in [-0.3, -0.25) is 4.79 Å². The zero-order valence-electron chi connectivity index (χ0n) is 13.7. The van der Waals surface area contributed by atoms with Crippen LogP contribution in [-0.4, -0.2) is 29.7 Å². The van der Waals surface area contributed by atoms with Gasteiger partial charge in [0.1, 0.15) is 5.60 Å². The van der Waals surface area contributed by atoms with Crippen LogP contribution in [0.2, 0.25) is 0 Å². The lowest BCUT2D eigenvalue weighted by Gasteiger charge is -2.28. The third-order valence-corrected chi connectivity index (χ3v) is 2.39. The van der Waals surface area contributed by atoms with E-state index in [9.17, 15) is 9.59 Å². The molecule has 0 unspecified atom stereocenters. The maximum atomic E-state index is 11.9. The van der Waals surface area contributed by atoms with Crippen LogP contribution in [0.15, 0.2) is 11.6 Å². The van der Waals surface area contributed by atoms with E-state index in [0.717, 1.165) is 6.42 Å². The Bertz CT molecular complexity index is 379. The first-order chi connectivity index (χ1) is 8.97. The molecule has 5 heteroatoms. The van der Waals surface area contributed by atoms with Gasteiger partial charge in [-0.15, -0.1) is 0 Å². The molecule has 0 atom stereocenters. The van der Waals surface area contributed by atoms with Crippen molar-refractivity contribution in [3.05, 3.63) is 11.6 Å². The lowest BCUT2D eigenvalue weighted by molar-refractivity contribution is -0.119. The Morgan fingerprint density at radius 1 is 1.15 bits per heavy atom. The smallest absolute Gasteiger partial charge is 0.407 e. The van der Waals surface area contributed by atoms with Gasteiger partial charge in [0.2, 0.25) is 5.91 Å². The number of carbonyl (C=O) groups is 2. The minimum Gasteiger partial charge on any atom is -0.444 e. The van der Waals surface area contributed by atoms with Crippen molar-refractivity contribution in [1.82, 2.24) is 10.6 Å². The largest absolute Gasteiger partial charge is 0.444 e. The van der Waals surface area contributed by atoms with Crippen molar-refractivity contribution in [1.29, 1.82) is 0 Å². The summed E-state index contributed by atoms with van der Waals surface area (Å²) < 4.78 is 5.15. The van der Waals surface area contributed by atoms with Crippen LogP contribution >= 0.6 is 0 Å². The molecule has 0 radical (unpaired) electrons. The van der Waals surface area contributed by atoms with E-state index in [0.29, 0.717) is 12.1 Å². The molecular formula is C15H28N2O3. The standard InChI is InChI=1S/C15H28N2O3/c1-8-9-11(2)12(18)17-15(6,7)10-16-13(19)20-14(3,4)5/h9H,8,10H2,1-7H3,(H,16,19)(H,17,18)/b11-9-. The first-order valence-corrected chi connectivity index (χ1v) is 6.93. The number of nitrogens with one attached hydrogen (secondary N) is 2. The third-order valence-electron chi connectivity index (χ3n) is 2.39. The molecular weight excluding hydrogens is 256 g/mol. The number of ether oxygens (including phenoxy) is 1. The van der Waals surface area contributed by atoms with E-state index in [-0.39, 0.29) is 5.91 Å². The van der Waals surface area contributed by atoms with Gasteiger partial charge in [0.05, 0.1) is 5.54 Å². The van der Waals surface area contributed by atoms with Crippen LogP contribution in [0.5, 0.6) is 0 Å². The first kappa shape index (κ1) is 18.5.